The largest absolute Gasteiger partial charge is 0.483 e. The van der Waals surface area contributed by atoms with Crippen molar-refractivity contribution < 1.29 is 19.8 Å². The summed E-state index contributed by atoms with van der Waals surface area (Å²) < 4.78 is 0. The Morgan fingerprint density at radius 1 is 1.13 bits per heavy atom. The maximum absolute atomic E-state index is 13.4. The molecule has 168 valence electrons. The number of para-hydroxylation sites is 1. The fraction of sp³-hybridized carbons (Fsp3) is 0.583. The molecular weight excluding hydrogens is 394 g/mol. The summed E-state index contributed by atoms with van der Waals surface area (Å²) in [6, 6.07) is 8.39. The second-order valence-corrected chi connectivity index (χ2v) is 9.15. The predicted molar refractivity (Wildman–Crippen MR) is 119 cm³/mol. The first-order valence-corrected chi connectivity index (χ1v) is 11.5. The van der Waals surface area contributed by atoms with Crippen LogP contribution in [0, 0.1) is 0 Å². The lowest BCUT2D eigenvalue weighted by molar-refractivity contribution is -0.138. The first-order chi connectivity index (χ1) is 15.0. The van der Waals surface area contributed by atoms with Crippen LogP contribution in [0.3, 0.4) is 0 Å². The molecule has 5 rings (SSSR count). The zero-order valence-corrected chi connectivity index (χ0v) is 18.1. The number of hydrogen-bond donors (Lipinski definition) is 3. The number of likely N-dealkylation sites (tertiary alicyclic amines) is 2. The van der Waals surface area contributed by atoms with Gasteiger partial charge in [-0.2, -0.15) is 0 Å². The molecule has 1 atom stereocenters. The third-order valence-corrected chi connectivity index (χ3v) is 7.14. The fourth-order valence-corrected chi connectivity index (χ4v) is 5.54. The lowest BCUT2D eigenvalue weighted by atomic mass is 9.84. The summed E-state index contributed by atoms with van der Waals surface area (Å²) in [6.07, 6.45) is 6.93. The average Bonchev–Trinajstić information content (AvgIpc) is 3.41. The molecule has 7 nitrogen and oxygen atoms in total. The van der Waals surface area contributed by atoms with E-state index in [1.807, 2.05) is 11.0 Å². The van der Waals surface area contributed by atoms with Crippen molar-refractivity contribution in [3.05, 3.63) is 35.5 Å². The molecule has 1 amide bonds. The zero-order valence-electron chi connectivity index (χ0n) is 18.1. The minimum Gasteiger partial charge on any atom is -0.483 e. The van der Waals surface area contributed by atoms with E-state index in [1.165, 1.54) is 23.8 Å². The van der Waals surface area contributed by atoms with Crippen molar-refractivity contribution in [2.24, 2.45) is 0 Å². The minimum absolute atomic E-state index is 0.0547. The number of aromatic nitrogens is 1. The van der Waals surface area contributed by atoms with E-state index in [2.05, 4.69) is 28.1 Å². The van der Waals surface area contributed by atoms with Crippen molar-refractivity contribution in [1.82, 2.24) is 14.8 Å². The normalized spacial score (nSPS) is 23.1. The van der Waals surface area contributed by atoms with Crippen LogP contribution in [0.2, 0.25) is 0 Å². The van der Waals surface area contributed by atoms with Gasteiger partial charge in [0.1, 0.15) is 0 Å². The Balaban J connectivity index is 0.000000730. The molecule has 0 saturated carbocycles. The number of carbonyl (C=O) groups excluding carboxylic acids is 1. The van der Waals surface area contributed by atoms with Crippen LogP contribution in [0.15, 0.2) is 24.3 Å². The molecule has 0 spiro atoms. The number of amides is 1. The highest BCUT2D eigenvalue weighted by atomic mass is 16.3. The maximum atomic E-state index is 13.4. The Labute approximate surface area is 183 Å². The fourth-order valence-electron chi connectivity index (χ4n) is 5.54. The van der Waals surface area contributed by atoms with Gasteiger partial charge in [-0.05, 0) is 69.7 Å². The summed E-state index contributed by atoms with van der Waals surface area (Å²) in [7, 11) is 0. The standard InChI is InChI=1S/C23H31N3O2.CH2O2/c27-22(26-14-10-23(28,11-15-26)16-25-12-3-4-13-25)19-8-5-7-18-17-6-1-2-9-20(17)24-21(18)19;2-1-3/h1-2,6,9,19,24,28H,3-5,7-8,10-16H2;1H,(H,2,3). The predicted octanol–water partition coefficient (Wildman–Crippen LogP) is 2.74. The zero-order chi connectivity index (χ0) is 21.8. The van der Waals surface area contributed by atoms with Gasteiger partial charge in [-0.1, -0.05) is 18.2 Å². The Bertz CT molecular complexity index is 911. The van der Waals surface area contributed by atoms with Crippen LogP contribution < -0.4 is 0 Å². The lowest BCUT2D eigenvalue weighted by Gasteiger charge is -2.41. The number of aliphatic hydroxyl groups is 1. The van der Waals surface area contributed by atoms with Gasteiger partial charge in [-0.25, -0.2) is 0 Å². The van der Waals surface area contributed by atoms with E-state index in [-0.39, 0.29) is 18.3 Å². The SMILES string of the molecule is O=C(C1CCCc2c1[nH]c1ccccc21)N1CCC(O)(CN2CCCC2)CC1.O=CO. The van der Waals surface area contributed by atoms with Crippen molar-refractivity contribution in [3.63, 3.8) is 0 Å². The van der Waals surface area contributed by atoms with Gasteiger partial charge in [-0.3, -0.25) is 9.59 Å². The molecule has 2 aromatic rings. The molecule has 31 heavy (non-hydrogen) atoms. The van der Waals surface area contributed by atoms with Gasteiger partial charge in [0.25, 0.3) is 6.47 Å². The maximum Gasteiger partial charge on any atom is 0.290 e. The smallest absolute Gasteiger partial charge is 0.290 e. The van der Waals surface area contributed by atoms with Crippen LogP contribution in [-0.2, 0) is 16.0 Å². The van der Waals surface area contributed by atoms with Crippen LogP contribution in [0.4, 0.5) is 0 Å². The Hall–Kier alpha value is -2.38. The Morgan fingerprint density at radius 2 is 1.81 bits per heavy atom. The van der Waals surface area contributed by atoms with E-state index < -0.39 is 5.60 Å². The van der Waals surface area contributed by atoms with Crippen molar-refractivity contribution in [2.45, 2.75) is 56.5 Å². The number of nitrogens with zero attached hydrogens (tertiary/aromatic N) is 2. The van der Waals surface area contributed by atoms with Crippen LogP contribution in [-0.4, -0.2) is 75.7 Å². The van der Waals surface area contributed by atoms with Crippen molar-refractivity contribution in [1.29, 1.82) is 0 Å². The Kier molecular flexibility index (Phi) is 6.62. The Morgan fingerprint density at radius 3 is 2.52 bits per heavy atom. The number of carboxylic acid groups (broad SMARTS) is 1. The van der Waals surface area contributed by atoms with Gasteiger partial charge in [0.15, 0.2) is 0 Å². The van der Waals surface area contributed by atoms with E-state index in [4.69, 9.17) is 9.90 Å². The minimum atomic E-state index is -0.625. The monoisotopic (exact) mass is 427 g/mol. The number of rotatable bonds is 3. The van der Waals surface area contributed by atoms with Gasteiger partial charge >= 0.3 is 0 Å². The summed E-state index contributed by atoms with van der Waals surface area (Å²) in [4.78, 5) is 29.7. The summed E-state index contributed by atoms with van der Waals surface area (Å²) in [5.74, 6) is 0.191. The molecule has 2 aliphatic heterocycles. The third-order valence-electron chi connectivity index (χ3n) is 7.14. The number of benzene rings is 1. The summed E-state index contributed by atoms with van der Waals surface area (Å²) >= 11 is 0. The first kappa shape index (κ1) is 21.8. The number of aromatic amines is 1. The number of piperidine rings is 1. The van der Waals surface area contributed by atoms with Crippen molar-refractivity contribution in [2.75, 3.05) is 32.7 Å². The highest BCUT2D eigenvalue weighted by Crippen LogP contribution is 2.38. The number of aryl methyl sites for hydroxylation is 1. The van der Waals surface area contributed by atoms with Crippen LogP contribution in [0.25, 0.3) is 10.9 Å². The molecule has 2 saturated heterocycles. The molecule has 1 aromatic carbocycles. The molecule has 0 bridgehead atoms. The summed E-state index contributed by atoms with van der Waals surface area (Å²) in [6.45, 7) is 4.08. The lowest BCUT2D eigenvalue weighted by Crippen LogP contribution is -2.52. The molecule has 0 radical (unpaired) electrons. The topological polar surface area (TPSA) is 96.9 Å². The number of fused-ring (bicyclic) bond motifs is 3. The molecule has 3 N–H and O–H groups in total. The van der Waals surface area contributed by atoms with Crippen LogP contribution in [0.1, 0.15) is 55.7 Å². The molecule has 1 aliphatic carbocycles. The van der Waals surface area contributed by atoms with Crippen LogP contribution >= 0.6 is 0 Å². The highest BCUT2D eigenvalue weighted by Gasteiger charge is 2.39. The number of carbonyl (C=O) groups is 2. The van der Waals surface area contributed by atoms with Crippen molar-refractivity contribution >= 4 is 23.3 Å². The summed E-state index contributed by atoms with van der Waals surface area (Å²) in [5.41, 5.74) is 2.99. The molecule has 3 aliphatic rings. The second kappa shape index (κ2) is 9.40. The van der Waals surface area contributed by atoms with E-state index in [1.54, 1.807) is 0 Å². The quantitative estimate of drug-likeness (QED) is 0.655. The highest BCUT2D eigenvalue weighted by molar-refractivity contribution is 5.90. The second-order valence-electron chi connectivity index (χ2n) is 9.15. The molecule has 2 fully saturated rings. The van der Waals surface area contributed by atoms with Gasteiger partial charge in [-0.15, -0.1) is 0 Å². The molecular formula is C24H33N3O4. The molecule has 1 aromatic heterocycles. The number of nitrogens with one attached hydrogen (secondary N) is 1. The average molecular weight is 428 g/mol. The van der Waals surface area contributed by atoms with Gasteiger partial charge < -0.3 is 25.0 Å². The van der Waals surface area contributed by atoms with Crippen molar-refractivity contribution in [3.8, 4) is 0 Å². The summed E-state index contributed by atoms with van der Waals surface area (Å²) in [5, 5.41) is 19.2. The van der Waals surface area contributed by atoms with Crippen LogP contribution in [0.5, 0.6) is 0 Å². The van der Waals surface area contributed by atoms with Gasteiger partial charge in [0.05, 0.1) is 11.5 Å². The number of β-amino-alcohol motifs (C(OH)–C–C–N with tert-alkyl or cyclic N) is 1. The van der Waals surface area contributed by atoms with E-state index in [0.717, 1.165) is 50.1 Å². The van der Waals surface area contributed by atoms with Gasteiger partial charge in [0, 0.05) is 36.2 Å². The molecule has 3 heterocycles. The number of H-pyrrole nitrogens is 1. The third kappa shape index (κ3) is 4.62. The number of hydrogen-bond acceptors (Lipinski definition) is 4. The van der Waals surface area contributed by atoms with E-state index >= 15 is 0 Å². The van der Waals surface area contributed by atoms with E-state index in [9.17, 15) is 9.90 Å². The first-order valence-electron chi connectivity index (χ1n) is 11.5. The molecule has 7 heteroatoms. The molecule has 1 unspecified atom stereocenters. The van der Waals surface area contributed by atoms with Gasteiger partial charge in [0.2, 0.25) is 5.91 Å². The van der Waals surface area contributed by atoms with E-state index in [0.29, 0.717) is 25.9 Å².